The van der Waals surface area contributed by atoms with Crippen molar-refractivity contribution in [2.45, 2.75) is 13.3 Å². The second kappa shape index (κ2) is 9.03. The summed E-state index contributed by atoms with van der Waals surface area (Å²) in [6.45, 7) is 2.44. The number of anilines is 1. The van der Waals surface area contributed by atoms with Crippen LogP contribution in [0, 0.1) is 16.0 Å². The van der Waals surface area contributed by atoms with Gasteiger partial charge in [0.25, 0.3) is 11.6 Å². The predicted molar refractivity (Wildman–Crippen MR) is 107 cm³/mol. The van der Waals surface area contributed by atoms with Crippen molar-refractivity contribution in [3.63, 3.8) is 0 Å². The summed E-state index contributed by atoms with van der Waals surface area (Å²) in [7, 11) is 0. The van der Waals surface area contributed by atoms with Gasteiger partial charge in [-0.25, -0.2) is 0 Å². The summed E-state index contributed by atoms with van der Waals surface area (Å²) in [5.41, 5.74) is 5.17. The molecule has 0 bridgehead atoms. The molecule has 3 rings (SSSR count). The number of para-hydroxylation sites is 2. The minimum absolute atomic E-state index is 0.000303. The molecular weight excluding hydrogens is 392 g/mol. The van der Waals surface area contributed by atoms with E-state index in [9.17, 15) is 24.5 Å². The fourth-order valence-corrected chi connectivity index (χ4v) is 3.10. The molecule has 0 saturated carbocycles. The van der Waals surface area contributed by atoms with E-state index in [1.54, 1.807) is 24.3 Å². The second-order valence-corrected chi connectivity index (χ2v) is 6.55. The molecule has 1 saturated heterocycles. The van der Waals surface area contributed by atoms with E-state index in [-0.39, 0.29) is 30.1 Å². The summed E-state index contributed by atoms with van der Waals surface area (Å²) < 4.78 is 5.55. The summed E-state index contributed by atoms with van der Waals surface area (Å²) in [5, 5.41) is 10.7. The molecule has 10 nitrogen and oxygen atoms in total. The number of nitrogens with one attached hydrogen (secondary N) is 2. The number of nitrogens with zero attached hydrogens (tertiary/aromatic N) is 2. The topological polar surface area (TPSA) is 131 Å². The van der Waals surface area contributed by atoms with E-state index in [1.807, 2.05) is 6.92 Å². The Morgan fingerprint density at radius 2 is 1.87 bits per heavy atom. The van der Waals surface area contributed by atoms with Crippen molar-refractivity contribution in [3.8, 4) is 5.75 Å². The SMILES string of the molecule is CCOc1ccccc1N1C[C@@H](C(=O)NNC(=O)c2ccc([N+](=O)[O-])cc2)CC1=O. The minimum Gasteiger partial charge on any atom is -0.492 e. The number of carbonyl (C=O) groups is 3. The van der Waals surface area contributed by atoms with Gasteiger partial charge in [0, 0.05) is 30.7 Å². The molecule has 0 aromatic heterocycles. The third-order valence-electron chi connectivity index (χ3n) is 4.59. The van der Waals surface area contributed by atoms with Crippen molar-refractivity contribution in [2.24, 2.45) is 5.92 Å². The molecule has 2 N–H and O–H groups in total. The second-order valence-electron chi connectivity index (χ2n) is 6.55. The molecule has 2 aromatic carbocycles. The molecular formula is C20H20N4O6. The first kappa shape index (κ1) is 20.8. The standard InChI is InChI=1S/C20H20N4O6/c1-2-30-17-6-4-3-5-16(17)23-12-14(11-18(23)25)20(27)22-21-19(26)13-7-9-15(10-8-13)24(28)29/h3-10,14H,2,11-12H2,1H3,(H,21,26)(H,22,27)/t14-/m0/s1. The fourth-order valence-electron chi connectivity index (χ4n) is 3.10. The molecule has 3 amide bonds. The molecule has 1 heterocycles. The van der Waals surface area contributed by atoms with Crippen LogP contribution < -0.4 is 20.5 Å². The van der Waals surface area contributed by atoms with Crippen LogP contribution in [0.15, 0.2) is 48.5 Å². The average Bonchev–Trinajstić information content (AvgIpc) is 3.14. The van der Waals surface area contributed by atoms with Gasteiger partial charge in [-0.1, -0.05) is 12.1 Å². The van der Waals surface area contributed by atoms with E-state index in [4.69, 9.17) is 4.74 Å². The predicted octanol–water partition coefficient (Wildman–Crippen LogP) is 1.81. The number of non-ortho nitro benzene ring substituents is 1. The summed E-state index contributed by atoms with van der Waals surface area (Å²) in [6.07, 6.45) is -0.000303. The Morgan fingerprint density at radius 1 is 1.17 bits per heavy atom. The largest absolute Gasteiger partial charge is 0.492 e. The average molecular weight is 412 g/mol. The monoisotopic (exact) mass is 412 g/mol. The Morgan fingerprint density at radius 3 is 2.53 bits per heavy atom. The van der Waals surface area contributed by atoms with Crippen LogP contribution in [0.2, 0.25) is 0 Å². The van der Waals surface area contributed by atoms with Gasteiger partial charge in [0.1, 0.15) is 5.75 Å². The molecule has 0 unspecified atom stereocenters. The van der Waals surface area contributed by atoms with Crippen molar-refractivity contribution in [1.29, 1.82) is 0 Å². The van der Waals surface area contributed by atoms with E-state index in [1.165, 1.54) is 29.2 Å². The van der Waals surface area contributed by atoms with E-state index in [0.717, 1.165) is 0 Å². The maximum atomic E-state index is 12.4. The van der Waals surface area contributed by atoms with Crippen LogP contribution >= 0.6 is 0 Å². The number of benzene rings is 2. The molecule has 0 radical (unpaired) electrons. The fraction of sp³-hybridized carbons (Fsp3) is 0.250. The van der Waals surface area contributed by atoms with E-state index in [0.29, 0.717) is 18.0 Å². The highest BCUT2D eigenvalue weighted by molar-refractivity contribution is 6.02. The third kappa shape index (κ3) is 4.54. The first-order chi connectivity index (χ1) is 14.4. The molecule has 0 spiro atoms. The van der Waals surface area contributed by atoms with Gasteiger partial charge in [0.05, 0.1) is 23.1 Å². The number of carbonyl (C=O) groups excluding carboxylic acids is 3. The number of rotatable bonds is 6. The Hall–Kier alpha value is -3.95. The summed E-state index contributed by atoms with van der Waals surface area (Å²) in [5.74, 6) is -1.44. The lowest BCUT2D eigenvalue weighted by Crippen LogP contribution is -2.45. The number of ether oxygens (including phenoxy) is 1. The number of hydrogen-bond acceptors (Lipinski definition) is 6. The quantitative estimate of drug-likeness (QED) is 0.550. The van der Waals surface area contributed by atoms with Gasteiger partial charge in [-0.15, -0.1) is 0 Å². The van der Waals surface area contributed by atoms with Crippen LogP contribution in [-0.4, -0.2) is 35.8 Å². The van der Waals surface area contributed by atoms with Crippen LogP contribution in [0.3, 0.4) is 0 Å². The lowest BCUT2D eigenvalue weighted by atomic mass is 10.1. The van der Waals surface area contributed by atoms with Crippen LogP contribution in [0.5, 0.6) is 5.75 Å². The highest BCUT2D eigenvalue weighted by Gasteiger charge is 2.36. The van der Waals surface area contributed by atoms with E-state index in [2.05, 4.69) is 10.9 Å². The van der Waals surface area contributed by atoms with Crippen LogP contribution in [0.4, 0.5) is 11.4 Å². The zero-order chi connectivity index (χ0) is 21.7. The highest BCUT2D eigenvalue weighted by Crippen LogP contribution is 2.33. The van der Waals surface area contributed by atoms with Gasteiger partial charge in [-0.05, 0) is 31.2 Å². The maximum absolute atomic E-state index is 12.4. The van der Waals surface area contributed by atoms with Crippen LogP contribution in [0.1, 0.15) is 23.7 Å². The smallest absolute Gasteiger partial charge is 0.269 e. The molecule has 30 heavy (non-hydrogen) atoms. The van der Waals surface area contributed by atoms with E-state index >= 15 is 0 Å². The van der Waals surface area contributed by atoms with Crippen molar-refractivity contribution in [3.05, 3.63) is 64.2 Å². The number of nitro benzene ring substituents is 1. The first-order valence-electron chi connectivity index (χ1n) is 9.27. The Labute approximate surface area is 171 Å². The summed E-state index contributed by atoms with van der Waals surface area (Å²) >= 11 is 0. The highest BCUT2D eigenvalue weighted by atomic mass is 16.6. The molecule has 1 aliphatic heterocycles. The van der Waals surface area contributed by atoms with Gasteiger partial charge in [0.15, 0.2) is 0 Å². The summed E-state index contributed by atoms with van der Waals surface area (Å²) in [4.78, 5) is 48.6. The van der Waals surface area contributed by atoms with Crippen LogP contribution in [0.25, 0.3) is 0 Å². The van der Waals surface area contributed by atoms with Gasteiger partial charge < -0.3 is 9.64 Å². The van der Waals surface area contributed by atoms with Crippen LogP contribution in [-0.2, 0) is 9.59 Å². The molecule has 1 aliphatic rings. The van der Waals surface area contributed by atoms with Crippen molar-refractivity contribution < 1.29 is 24.0 Å². The van der Waals surface area contributed by atoms with Crippen molar-refractivity contribution in [1.82, 2.24) is 10.9 Å². The van der Waals surface area contributed by atoms with Gasteiger partial charge in [-0.3, -0.25) is 35.3 Å². The maximum Gasteiger partial charge on any atom is 0.269 e. The molecule has 156 valence electrons. The number of amides is 3. The Kier molecular flexibility index (Phi) is 6.26. The summed E-state index contributed by atoms with van der Waals surface area (Å²) in [6, 6.07) is 12.0. The zero-order valence-corrected chi connectivity index (χ0v) is 16.2. The molecule has 10 heteroatoms. The number of hydrazine groups is 1. The molecule has 1 atom stereocenters. The van der Waals surface area contributed by atoms with E-state index < -0.39 is 22.7 Å². The number of nitro groups is 1. The van der Waals surface area contributed by atoms with Gasteiger partial charge >= 0.3 is 0 Å². The number of hydrogen-bond donors (Lipinski definition) is 2. The van der Waals surface area contributed by atoms with Gasteiger partial charge in [-0.2, -0.15) is 0 Å². The van der Waals surface area contributed by atoms with Crippen molar-refractivity contribution >= 4 is 29.1 Å². The normalized spacial score (nSPS) is 15.6. The van der Waals surface area contributed by atoms with Crippen molar-refractivity contribution in [2.75, 3.05) is 18.1 Å². The molecule has 2 aromatic rings. The molecule has 0 aliphatic carbocycles. The third-order valence-corrected chi connectivity index (χ3v) is 4.59. The lowest BCUT2D eigenvalue weighted by molar-refractivity contribution is -0.384. The zero-order valence-electron chi connectivity index (χ0n) is 16.2. The Bertz CT molecular complexity index is 976. The minimum atomic E-state index is -0.649. The van der Waals surface area contributed by atoms with Gasteiger partial charge in [0.2, 0.25) is 11.8 Å². The molecule has 1 fully saturated rings. The Balaban J connectivity index is 1.59. The lowest BCUT2D eigenvalue weighted by Gasteiger charge is -2.20. The first-order valence-corrected chi connectivity index (χ1v) is 9.27.